The van der Waals surface area contributed by atoms with Gasteiger partial charge in [0.25, 0.3) is 5.91 Å². The van der Waals surface area contributed by atoms with E-state index in [-0.39, 0.29) is 17.7 Å². The summed E-state index contributed by atoms with van der Waals surface area (Å²) in [5.41, 5.74) is 0.439. The van der Waals surface area contributed by atoms with E-state index in [0.717, 1.165) is 13.1 Å². The van der Waals surface area contributed by atoms with Gasteiger partial charge in [-0.3, -0.25) is 9.59 Å². The van der Waals surface area contributed by atoms with Crippen molar-refractivity contribution >= 4 is 11.8 Å². The van der Waals surface area contributed by atoms with E-state index >= 15 is 0 Å². The second kappa shape index (κ2) is 7.97. The Hall–Kier alpha value is -2.08. The quantitative estimate of drug-likeness (QED) is 0.845. The zero-order valence-electron chi connectivity index (χ0n) is 14.0. The molecule has 1 aromatic rings. The molecule has 1 unspecified atom stereocenters. The first-order chi connectivity index (χ1) is 11.0. The molecule has 1 aliphatic heterocycles. The summed E-state index contributed by atoms with van der Waals surface area (Å²) in [7, 11) is 1.53. The Labute approximate surface area is 137 Å². The van der Waals surface area contributed by atoms with Gasteiger partial charge >= 0.3 is 0 Å². The molecule has 1 aromatic carbocycles. The standard InChI is InChI=1S/C17H25N3O3/c1-12(2)15(17(22)20-10-8-18-9-11-20)19-16(21)13-6-4-5-7-14(13)23-3/h4-7,12,15,18H,8-11H2,1-3H3,(H,19,21). The van der Waals surface area contributed by atoms with Crippen LogP contribution in [0.5, 0.6) is 5.75 Å². The van der Waals surface area contributed by atoms with Crippen molar-refractivity contribution in [3.8, 4) is 5.75 Å². The van der Waals surface area contributed by atoms with E-state index in [2.05, 4.69) is 10.6 Å². The van der Waals surface area contributed by atoms with Gasteiger partial charge in [0.2, 0.25) is 5.91 Å². The van der Waals surface area contributed by atoms with Crippen LogP contribution in [-0.2, 0) is 4.79 Å². The number of methoxy groups -OCH3 is 1. The fourth-order valence-electron chi connectivity index (χ4n) is 2.65. The summed E-state index contributed by atoms with van der Waals surface area (Å²) in [5, 5.41) is 6.10. The highest BCUT2D eigenvalue weighted by Gasteiger charge is 2.30. The summed E-state index contributed by atoms with van der Waals surface area (Å²) in [6, 6.07) is 6.48. The van der Waals surface area contributed by atoms with Crippen molar-refractivity contribution in [1.82, 2.24) is 15.5 Å². The predicted molar refractivity (Wildman–Crippen MR) is 88.5 cm³/mol. The van der Waals surface area contributed by atoms with E-state index in [4.69, 9.17) is 4.74 Å². The smallest absolute Gasteiger partial charge is 0.255 e. The van der Waals surface area contributed by atoms with Gasteiger partial charge in [-0.25, -0.2) is 0 Å². The van der Waals surface area contributed by atoms with Crippen molar-refractivity contribution in [3.63, 3.8) is 0 Å². The van der Waals surface area contributed by atoms with Crippen molar-refractivity contribution in [2.75, 3.05) is 33.3 Å². The summed E-state index contributed by atoms with van der Waals surface area (Å²) >= 11 is 0. The molecular formula is C17H25N3O3. The van der Waals surface area contributed by atoms with Crippen LogP contribution in [0.2, 0.25) is 0 Å². The highest BCUT2D eigenvalue weighted by molar-refractivity contribution is 5.99. The zero-order valence-corrected chi connectivity index (χ0v) is 14.0. The number of hydrogen-bond acceptors (Lipinski definition) is 4. The summed E-state index contributed by atoms with van der Waals surface area (Å²) in [6.07, 6.45) is 0. The maximum atomic E-state index is 12.7. The van der Waals surface area contributed by atoms with Crippen LogP contribution in [0.15, 0.2) is 24.3 Å². The van der Waals surface area contributed by atoms with E-state index in [1.807, 2.05) is 18.7 Å². The zero-order chi connectivity index (χ0) is 16.8. The van der Waals surface area contributed by atoms with E-state index in [1.165, 1.54) is 7.11 Å². The maximum absolute atomic E-state index is 12.7. The van der Waals surface area contributed by atoms with Gasteiger partial charge in [0.15, 0.2) is 0 Å². The summed E-state index contributed by atoms with van der Waals surface area (Å²) in [5.74, 6) is 0.201. The molecule has 1 aliphatic rings. The van der Waals surface area contributed by atoms with Crippen LogP contribution >= 0.6 is 0 Å². The Morgan fingerprint density at radius 1 is 1.22 bits per heavy atom. The van der Waals surface area contributed by atoms with Crippen molar-refractivity contribution in [3.05, 3.63) is 29.8 Å². The molecule has 1 saturated heterocycles. The number of nitrogens with zero attached hydrogens (tertiary/aromatic N) is 1. The molecule has 6 heteroatoms. The molecule has 6 nitrogen and oxygen atoms in total. The van der Waals surface area contributed by atoms with Gasteiger partial charge in [0.05, 0.1) is 12.7 Å². The van der Waals surface area contributed by atoms with Gasteiger partial charge in [0, 0.05) is 26.2 Å². The van der Waals surface area contributed by atoms with Gasteiger partial charge in [-0.05, 0) is 18.1 Å². The molecule has 0 aromatic heterocycles. The molecule has 2 N–H and O–H groups in total. The molecule has 2 rings (SSSR count). The average Bonchev–Trinajstić information content (AvgIpc) is 2.59. The van der Waals surface area contributed by atoms with Crippen LogP contribution in [-0.4, -0.2) is 56.0 Å². The van der Waals surface area contributed by atoms with E-state index in [9.17, 15) is 9.59 Å². The van der Waals surface area contributed by atoms with Gasteiger partial charge in [-0.15, -0.1) is 0 Å². The number of nitrogens with one attached hydrogen (secondary N) is 2. The summed E-state index contributed by atoms with van der Waals surface area (Å²) < 4.78 is 5.22. The number of piperazine rings is 1. The fraction of sp³-hybridized carbons (Fsp3) is 0.529. The highest BCUT2D eigenvalue weighted by atomic mass is 16.5. The number of carbonyl (C=O) groups excluding carboxylic acids is 2. The Balaban J connectivity index is 2.12. The van der Waals surface area contributed by atoms with Gasteiger partial charge in [0.1, 0.15) is 11.8 Å². The molecule has 0 radical (unpaired) electrons. The number of amides is 2. The monoisotopic (exact) mass is 319 g/mol. The number of para-hydroxylation sites is 1. The molecular weight excluding hydrogens is 294 g/mol. The number of carbonyl (C=O) groups is 2. The van der Waals surface area contributed by atoms with Crippen LogP contribution in [0.25, 0.3) is 0 Å². The Morgan fingerprint density at radius 3 is 2.48 bits per heavy atom. The van der Waals surface area contributed by atoms with Gasteiger partial charge < -0.3 is 20.3 Å². The van der Waals surface area contributed by atoms with Crippen molar-refractivity contribution in [2.24, 2.45) is 5.92 Å². The molecule has 1 heterocycles. The minimum Gasteiger partial charge on any atom is -0.496 e. The maximum Gasteiger partial charge on any atom is 0.255 e. The first kappa shape index (κ1) is 17.3. The molecule has 0 spiro atoms. The molecule has 0 saturated carbocycles. The lowest BCUT2D eigenvalue weighted by atomic mass is 10.0. The third-order valence-electron chi connectivity index (χ3n) is 4.00. The SMILES string of the molecule is COc1ccccc1C(=O)NC(C(=O)N1CCNCC1)C(C)C. The lowest BCUT2D eigenvalue weighted by molar-refractivity contribution is -0.134. The van der Waals surface area contributed by atoms with Crippen LogP contribution in [0.4, 0.5) is 0 Å². The third kappa shape index (κ3) is 4.22. The fourth-order valence-corrected chi connectivity index (χ4v) is 2.65. The van der Waals surface area contributed by atoms with Crippen molar-refractivity contribution in [1.29, 1.82) is 0 Å². The normalized spacial score (nSPS) is 16.1. The molecule has 1 atom stereocenters. The highest BCUT2D eigenvalue weighted by Crippen LogP contribution is 2.18. The van der Waals surface area contributed by atoms with E-state index in [1.54, 1.807) is 24.3 Å². The summed E-state index contributed by atoms with van der Waals surface area (Å²) in [4.78, 5) is 27.1. The minimum atomic E-state index is -0.537. The van der Waals surface area contributed by atoms with Crippen LogP contribution in [0, 0.1) is 5.92 Å². The van der Waals surface area contributed by atoms with Crippen molar-refractivity contribution < 1.29 is 14.3 Å². The molecule has 126 valence electrons. The number of ether oxygens (including phenoxy) is 1. The lowest BCUT2D eigenvalue weighted by Gasteiger charge is -2.32. The lowest BCUT2D eigenvalue weighted by Crippen LogP contribution is -2.55. The molecule has 23 heavy (non-hydrogen) atoms. The topological polar surface area (TPSA) is 70.7 Å². The van der Waals surface area contributed by atoms with Gasteiger partial charge in [-0.2, -0.15) is 0 Å². The largest absolute Gasteiger partial charge is 0.496 e. The molecule has 2 amide bonds. The first-order valence-corrected chi connectivity index (χ1v) is 7.98. The third-order valence-corrected chi connectivity index (χ3v) is 4.00. The summed E-state index contributed by atoms with van der Waals surface area (Å²) in [6.45, 7) is 6.80. The molecule has 0 bridgehead atoms. The number of benzene rings is 1. The first-order valence-electron chi connectivity index (χ1n) is 7.98. The van der Waals surface area contributed by atoms with Crippen LogP contribution in [0.3, 0.4) is 0 Å². The Morgan fingerprint density at radius 2 is 1.87 bits per heavy atom. The van der Waals surface area contributed by atoms with Crippen LogP contribution < -0.4 is 15.4 Å². The van der Waals surface area contributed by atoms with Crippen LogP contribution in [0.1, 0.15) is 24.2 Å². The Kier molecular flexibility index (Phi) is 5.98. The minimum absolute atomic E-state index is 0.0102. The predicted octanol–water partition coefficient (Wildman–Crippen LogP) is 0.881. The van der Waals surface area contributed by atoms with Gasteiger partial charge in [-0.1, -0.05) is 26.0 Å². The van der Waals surface area contributed by atoms with E-state index < -0.39 is 6.04 Å². The van der Waals surface area contributed by atoms with Crippen molar-refractivity contribution in [2.45, 2.75) is 19.9 Å². The second-order valence-electron chi connectivity index (χ2n) is 5.97. The number of hydrogen-bond donors (Lipinski definition) is 2. The molecule has 1 fully saturated rings. The Bertz CT molecular complexity index is 554. The second-order valence-corrected chi connectivity index (χ2v) is 5.97. The molecule has 0 aliphatic carbocycles. The van der Waals surface area contributed by atoms with E-state index in [0.29, 0.717) is 24.4 Å². The number of rotatable bonds is 5. The average molecular weight is 319 g/mol.